The summed E-state index contributed by atoms with van der Waals surface area (Å²) in [5, 5.41) is 22.9. The van der Waals surface area contributed by atoms with E-state index in [0.29, 0.717) is 11.4 Å². The minimum absolute atomic E-state index is 0.396. The number of aryl methyl sites for hydroxylation is 2. The lowest BCUT2D eigenvalue weighted by Gasteiger charge is -2.18. The van der Waals surface area contributed by atoms with Gasteiger partial charge in [-0.3, -0.25) is 4.98 Å². The summed E-state index contributed by atoms with van der Waals surface area (Å²) >= 11 is 0. The second-order valence-electron chi connectivity index (χ2n) is 4.47. The Hall–Kier alpha value is -2.15. The number of carbonyl (C=O) groups is 2. The molecule has 0 spiro atoms. The predicted octanol–water partition coefficient (Wildman–Crippen LogP) is 0.656. The molecule has 2 amide bonds. The summed E-state index contributed by atoms with van der Waals surface area (Å²) in [4.78, 5) is 26.4. The van der Waals surface area contributed by atoms with Crippen LogP contribution in [0.2, 0.25) is 0 Å². The topological polar surface area (TPSA) is 112 Å². The number of carboxylic acid groups (broad SMARTS) is 1. The number of hydrogen-bond acceptors (Lipinski definition) is 4. The molecule has 0 aliphatic heterocycles. The molecule has 0 bridgehead atoms. The highest BCUT2D eigenvalue weighted by atomic mass is 16.4. The third-order valence-corrected chi connectivity index (χ3v) is 2.53. The maximum atomic E-state index is 11.6. The van der Waals surface area contributed by atoms with Gasteiger partial charge in [0.05, 0.1) is 17.9 Å². The highest BCUT2D eigenvalue weighted by Crippen LogP contribution is 2.12. The van der Waals surface area contributed by atoms with Crippen LogP contribution in [0.25, 0.3) is 0 Å². The molecular weight excluding hydrogens is 250 g/mol. The standard InChI is InChI=1S/C12H17N3O4/c1-7-4-5-9(8(2)14-7)15-11(18)13-6-12(3,19)10(16)17/h4-5,19H,6H2,1-3H3,(H,16,17)(H2,13,15,18). The van der Waals surface area contributed by atoms with Crippen LogP contribution in [0.15, 0.2) is 12.1 Å². The van der Waals surface area contributed by atoms with E-state index in [4.69, 9.17) is 5.11 Å². The van der Waals surface area contributed by atoms with Crippen LogP contribution in [0, 0.1) is 13.8 Å². The van der Waals surface area contributed by atoms with Crippen LogP contribution in [0.5, 0.6) is 0 Å². The molecule has 0 aliphatic rings. The van der Waals surface area contributed by atoms with Crippen molar-refractivity contribution >= 4 is 17.7 Å². The van der Waals surface area contributed by atoms with Crippen LogP contribution in [0.4, 0.5) is 10.5 Å². The SMILES string of the molecule is Cc1ccc(NC(=O)NCC(C)(O)C(=O)O)c(C)n1. The third kappa shape index (κ3) is 4.22. The molecule has 1 unspecified atom stereocenters. The van der Waals surface area contributed by atoms with Crippen LogP contribution in [-0.4, -0.2) is 39.3 Å². The van der Waals surface area contributed by atoms with Crippen molar-refractivity contribution in [1.82, 2.24) is 10.3 Å². The fourth-order valence-electron chi connectivity index (χ4n) is 1.31. The Balaban J connectivity index is 2.59. The summed E-state index contributed by atoms with van der Waals surface area (Å²) < 4.78 is 0. The highest BCUT2D eigenvalue weighted by molar-refractivity contribution is 5.90. The van der Waals surface area contributed by atoms with Gasteiger partial charge in [0, 0.05) is 5.69 Å². The van der Waals surface area contributed by atoms with Crippen LogP contribution in [-0.2, 0) is 4.79 Å². The van der Waals surface area contributed by atoms with Gasteiger partial charge in [-0.1, -0.05) is 0 Å². The zero-order valence-electron chi connectivity index (χ0n) is 11.0. The number of carbonyl (C=O) groups excluding carboxylic acids is 1. The fourth-order valence-corrected chi connectivity index (χ4v) is 1.31. The zero-order valence-corrected chi connectivity index (χ0v) is 11.0. The van der Waals surface area contributed by atoms with Gasteiger partial charge < -0.3 is 20.8 Å². The Bertz CT molecular complexity index is 500. The van der Waals surface area contributed by atoms with Crippen LogP contribution >= 0.6 is 0 Å². The van der Waals surface area contributed by atoms with Crippen molar-refractivity contribution in [1.29, 1.82) is 0 Å². The smallest absolute Gasteiger partial charge is 0.337 e. The first-order chi connectivity index (χ1) is 8.72. The third-order valence-electron chi connectivity index (χ3n) is 2.53. The monoisotopic (exact) mass is 267 g/mol. The molecular formula is C12H17N3O4. The molecule has 0 radical (unpaired) electrons. The maximum absolute atomic E-state index is 11.6. The van der Waals surface area contributed by atoms with Gasteiger partial charge in [-0.15, -0.1) is 0 Å². The molecule has 19 heavy (non-hydrogen) atoms. The number of nitrogens with zero attached hydrogens (tertiary/aromatic N) is 1. The van der Waals surface area contributed by atoms with E-state index in [2.05, 4.69) is 15.6 Å². The Labute approximate surface area is 110 Å². The molecule has 1 aromatic rings. The van der Waals surface area contributed by atoms with Gasteiger partial charge in [-0.25, -0.2) is 9.59 Å². The van der Waals surface area contributed by atoms with Gasteiger partial charge in [0.15, 0.2) is 5.60 Å². The number of nitrogens with one attached hydrogen (secondary N) is 2. The van der Waals surface area contributed by atoms with Crippen molar-refractivity contribution in [3.8, 4) is 0 Å². The van der Waals surface area contributed by atoms with Crippen molar-refractivity contribution in [2.75, 3.05) is 11.9 Å². The van der Waals surface area contributed by atoms with Gasteiger partial charge >= 0.3 is 12.0 Å². The normalized spacial score (nSPS) is 13.5. The van der Waals surface area contributed by atoms with E-state index >= 15 is 0 Å². The second-order valence-corrected chi connectivity index (χ2v) is 4.47. The van der Waals surface area contributed by atoms with E-state index in [9.17, 15) is 14.7 Å². The first-order valence-corrected chi connectivity index (χ1v) is 5.67. The van der Waals surface area contributed by atoms with E-state index in [0.717, 1.165) is 12.6 Å². The van der Waals surface area contributed by atoms with E-state index in [-0.39, 0.29) is 0 Å². The number of aliphatic carboxylic acids is 1. The van der Waals surface area contributed by atoms with Crippen molar-refractivity contribution in [2.24, 2.45) is 0 Å². The first kappa shape index (κ1) is 14.9. The first-order valence-electron chi connectivity index (χ1n) is 5.67. The van der Waals surface area contributed by atoms with Gasteiger partial charge in [0.25, 0.3) is 0 Å². The quantitative estimate of drug-likeness (QED) is 0.640. The average molecular weight is 267 g/mol. The molecule has 0 fully saturated rings. The average Bonchev–Trinajstić information content (AvgIpc) is 2.30. The van der Waals surface area contributed by atoms with Crippen molar-refractivity contribution in [2.45, 2.75) is 26.4 Å². The van der Waals surface area contributed by atoms with E-state index in [1.54, 1.807) is 19.1 Å². The van der Waals surface area contributed by atoms with Crippen LogP contribution < -0.4 is 10.6 Å². The van der Waals surface area contributed by atoms with Crippen molar-refractivity contribution in [3.63, 3.8) is 0 Å². The molecule has 1 atom stereocenters. The summed E-state index contributed by atoms with van der Waals surface area (Å²) in [5.41, 5.74) is 0.00763. The van der Waals surface area contributed by atoms with Gasteiger partial charge in [-0.2, -0.15) is 0 Å². The Morgan fingerprint density at radius 2 is 2.00 bits per heavy atom. The summed E-state index contributed by atoms with van der Waals surface area (Å²) in [6, 6.07) is 2.85. The molecule has 0 saturated carbocycles. The number of aliphatic hydroxyl groups is 1. The zero-order chi connectivity index (χ0) is 14.6. The number of hydrogen-bond donors (Lipinski definition) is 4. The number of amides is 2. The van der Waals surface area contributed by atoms with Crippen molar-refractivity contribution in [3.05, 3.63) is 23.5 Å². The number of rotatable bonds is 4. The molecule has 7 heteroatoms. The molecule has 0 saturated heterocycles. The maximum Gasteiger partial charge on any atom is 0.337 e. The van der Waals surface area contributed by atoms with Gasteiger partial charge in [0.1, 0.15) is 0 Å². The Morgan fingerprint density at radius 3 is 2.53 bits per heavy atom. The summed E-state index contributed by atoms with van der Waals surface area (Å²) in [5.74, 6) is -1.40. The van der Waals surface area contributed by atoms with Crippen LogP contribution in [0.3, 0.4) is 0 Å². The molecule has 0 aliphatic carbocycles. The van der Waals surface area contributed by atoms with Gasteiger partial charge in [0.2, 0.25) is 0 Å². The number of anilines is 1. The number of carboxylic acids is 1. The molecule has 4 N–H and O–H groups in total. The number of pyridine rings is 1. The minimum atomic E-state index is -2.00. The minimum Gasteiger partial charge on any atom is -0.479 e. The van der Waals surface area contributed by atoms with Crippen LogP contribution in [0.1, 0.15) is 18.3 Å². The Kier molecular flexibility index (Phi) is 4.44. The lowest BCUT2D eigenvalue weighted by molar-refractivity contribution is -0.155. The highest BCUT2D eigenvalue weighted by Gasteiger charge is 2.30. The predicted molar refractivity (Wildman–Crippen MR) is 69.0 cm³/mol. The summed E-state index contributed by atoms with van der Waals surface area (Å²) in [6.45, 7) is 4.29. The van der Waals surface area contributed by atoms with Gasteiger partial charge in [-0.05, 0) is 32.9 Å². The lowest BCUT2D eigenvalue weighted by atomic mass is 10.1. The summed E-state index contributed by atoms with van der Waals surface area (Å²) in [7, 11) is 0. The second kappa shape index (κ2) is 5.66. The molecule has 1 aromatic heterocycles. The molecule has 1 heterocycles. The molecule has 0 aromatic carbocycles. The Morgan fingerprint density at radius 1 is 1.37 bits per heavy atom. The molecule has 7 nitrogen and oxygen atoms in total. The lowest BCUT2D eigenvalue weighted by Crippen LogP contribution is -2.47. The fraction of sp³-hybridized carbons (Fsp3) is 0.417. The summed E-state index contributed by atoms with van der Waals surface area (Å²) in [6.07, 6.45) is 0. The molecule has 104 valence electrons. The van der Waals surface area contributed by atoms with E-state index in [1.165, 1.54) is 0 Å². The number of urea groups is 1. The largest absolute Gasteiger partial charge is 0.479 e. The molecule has 1 rings (SSSR count). The van der Waals surface area contributed by atoms with Crippen molar-refractivity contribution < 1.29 is 19.8 Å². The van der Waals surface area contributed by atoms with E-state index < -0.39 is 24.1 Å². The van der Waals surface area contributed by atoms with E-state index in [1.807, 2.05) is 6.92 Å². The number of aromatic nitrogens is 1.